The van der Waals surface area contributed by atoms with E-state index >= 15 is 0 Å². The minimum Gasteiger partial charge on any atom is -0.383 e. The minimum atomic E-state index is 0.547. The van der Waals surface area contributed by atoms with Crippen molar-refractivity contribution in [2.45, 2.75) is 18.9 Å². The van der Waals surface area contributed by atoms with Crippen LogP contribution in [0.25, 0.3) is 21.8 Å². The molecule has 0 radical (unpaired) electrons. The summed E-state index contributed by atoms with van der Waals surface area (Å²) >= 11 is 0. The van der Waals surface area contributed by atoms with Crippen LogP contribution >= 0.6 is 0 Å². The fourth-order valence-electron chi connectivity index (χ4n) is 2.28. The van der Waals surface area contributed by atoms with E-state index in [4.69, 9.17) is 5.73 Å². The number of nitrogens with two attached hydrogens (primary N) is 1. The summed E-state index contributed by atoms with van der Waals surface area (Å²) in [6.07, 6.45) is 4.21. The van der Waals surface area contributed by atoms with Gasteiger partial charge in [-0.2, -0.15) is 4.98 Å². The number of nitrogens with one attached hydrogen (secondary N) is 2. The smallest absolute Gasteiger partial charge is 0.202 e. The summed E-state index contributed by atoms with van der Waals surface area (Å²) in [6.45, 7) is 0. The topological polar surface area (TPSA) is 79.6 Å². The van der Waals surface area contributed by atoms with Gasteiger partial charge in [-0.25, -0.2) is 0 Å². The number of fused-ring (bicyclic) bond motifs is 3. The molecule has 0 saturated heterocycles. The summed E-state index contributed by atoms with van der Waals surface area (Å²) in [5, 5.41) is 5.33. The fourth-order valence-corrected chi connectivity index (χ4v) is 2.28. The lowest BCUT2D eigenvalue weighted by molar-refractivity contribution is 1.08. The van der Waals surface area contributed by atoms with Gasteiger partial charge in [0.2, 0.25) is 5.95 Å². The first-order valence-electron chi connectivity index (χ1n) is 6.11. The molecular formula is C13H13N5. The van der Waals surface area contributed by atoms with Crippen LogP contribution in [-0.2, 0) is 0 Å². The Bertz CT molecular complexity index is 742. The van der Waals surface area contributed by atoms with Gasteiger partial charge in [-0.3, -0.25) is 4.98 Å². The second-order valence-electron chi connectivity index (χ2n) is 4.76. The number of aromatic nitrogens is 3. The van der Waals surface area contributed by atoms with Gasteiger partial charge in [0.05, 0.1) is 11.0 Å². The maximum absolute atomic E-state index is 6.08. The zero-order valence-corrected chi connectivity index (χ0v) is 9.77. The van der Waals surface area contributed by atoms with E-state index in [-0.39, 0.29) is 0 Å². The first-order valence-corrected chi connectivity index (χ1v) is 6.11. The van der Waals surface area contributed by atoms with Crippen molar-refractivity contribution in [1.29, 1.82) is 0 Å². The molecule has 90 valence electrons. The zero-order chi connectivity index (χ0) is 12.1. The molecule has 4 rings (SSSR count). The SMILES string of the molecule is Nc1nc(NC2CC2)[nH]c2ccc3nccc3c12. The predicted octanol–water partition coefficient (Wildman–Crippen LogP) is 2.27. The molecular weight excluding hydrogens is 226 g/mol. The molecule has 5 nitrogen and oxygen atoms in total. The highest BCUT2D eigenvalue weighted by Crippen LogP contribution is 2.29. The fraction of sp³-hybridized carbons (Fsp3) is 0.231. The number of hydrogen-bond donors (Lipinski definition) is 3. The van der Waals surface area contributed by atoms with Gasteiger partial charge in [0.15, 0.2) is 0 Å². The summed E-state index contributed by atoms with van der Waals surface area (Å²) in [5.74, 6) is 1.30. The van der Waals surface area contributed by atoms with Gasteiger partial charge in [0.25, 0.3) is 0 Å². The Balaban J connectivity index is 1.97. The first-order chi connectivity index (χ1) is 8.81. The number of aromatic amines is 1. The molecule has 0 aliphatic heterocycles. The molecule has 18 heavy (non-hydrogen) atoms. The Kier molecular flexibility index (Phi) is 1.81. The van der Waals surface area contributed by atoms with Gasteiger partial charge in [0, 0.05) is 23.0 Å². The van der Waals surface area contributed by atoms with Crippen LogP contribution in [0.1, 0.15) is 12.8 Å². The van der Waals surface area contributed by atoms with E-state index < -0.39 is 0 Å². The molecule has 0 unspecified atom stereocenters. The van der Waals surface area contributed by atoms with Gasteiger partial charge >= 0.3 is 0 Å². The van der Waals surface area contributed by atoms with Crippen LogP contribution in [0.15, 0.2) is 24.4 Å². The Morgan fingerprint density at radius 1 is 1.28 bits per heavy atom. The third-order valence-electron chi connectivity index (χ3n) is 3.34. The Morgan fingerprint density at radius 2 is 2.17 bits per heavy atom. The highest BCUT2D eigenvalue weighted by molar-refractivity contribution is 6.10. The molecule has 2 heterocycles. The molecule has 3 aromatic rings. The van der Waals surface area contributed by atoms with E-state index in [0.717, 1.165) is 27.8 Å². The third-order valence-corrected chi connectivity index (χ3v) is 3.34. The van der Waals surface area contributed by atoms with Crippen molar-refractivity contribution in [3.05, 3.63) is 24.4 Å². The van der Waals surface area contributed by atoms with Crippen LogP contribution in [-0.4, -0.2) is 21.0 Å². The second kappa shape index (κ2) is 3.35. The van der Waals surface area contributed by atoms with E-state index in [9.17, 15) is 0 Å². The third kappa shape index (κ3) is 1.40. The highest BCUT2D eigenvalue weighted by atomic mass is 15.1. The number of rotatable bonds is 2. The van der Waals surface area contributed by atoms with E-state index in [1.165, 1.54) is 12.8 Å². The molecule has 2 aromatic heterocycles. The Morgan fingerprint density at radius 3 is 3.00 bits per heavy atom. The normalized spacial score (nSPS) is 15.3. The van der Waals surface area contributed by atoms with Crippen molar-refractivity contribution in [2.75, 3.05) is 11.1 Å². The molecule has 1 saturated carbocycles. The summed E-state index contributed by atoms with van der Waals surface area (Å²) < 4.78 is 0. The number of nitrogens with zero attached hydrogens (tertiary/aromatic N) is 2. The van der Waals surface area contributed by atoms with Crippen molar-refractivity contribution in [1.82, 2.24) is 15.0 Å². The number of hydrogen-bond acceptors (Lipinski definition) is 4. The molecule has 5 heteroatoms. The van der Waals surface area contributed by atoms with E-state index in [1.54, 1.807) is 6.20 Å². The number of H-pyrrole nitrogens is 1. The molecule has 4 N–H and O–H groups in total. The Hall–Kier alpha value is -2.30. The molecule has 0 amide bonds. The summed E-state index contributed by atoms with van der Waals surface area (Å²) in [7, 11) is 0. The average Bonchev–Trinajstić information content (AvgIpc) is 3.03. The highest BCUT2D eigenvalue weighted by Gasteiger charge is 2.22. The van der Waals surface area contributed by atoms with Crippen molar-refractivity contribution in [3.8, 4) is 0 Å². The standard InChI is InChI=1S/C13H13N5/c14-12-11-8-5-6-15-9(8)3-4-10(11)17-13(18-12)16-7-1-2-7/h3-7H,1-2,14H2,(H2,16,17,18). The van der Waals surface area contributed by atoms with E-state index in [2.05, 4.69) is 20.3 Å². The molecule has 0 spiro atoms. The quantitative estimate of drug-likeness (QED) is 0.641. The second-order valence-corrected chi connectivity index (χ2v) is 4.76. The van der Waals surface area contributed by atoms with Crippen molar-refractivity contribution in [3.63, 3.8) is 0 Å². The van der Waals surface area contributed by atoms with Crippen LogP contribution in [0.5, 0.6) is 0 Å². The largest absolute Gasteiger partial charge is 0.383 e. The molecule has 1 aromatic carbocycles. The first kappa shape index (κ1) is 9.70. The van der Waals surface area contributed by atoms with Gasteiger partial charge in [-0.1, -0.05) is 0 Å². The monoisotopic (exact) mass is 239 g/mol. The van der Waals surface area contributed by atoms with Crippen LogP contribution in [0.4, 0.5) is 11.8 Å². The van der Waals surface area contributed by atoms with Crippen molar-refractivity contribution >= 4 is 33.6 Å². The van der Waals surface area contributed by atoms with Gasteiger partial charge in [-0.15, -0.1) is 0 Å². The average molecular weight is 239 g/mol. The minimum absolute atomic E-state index is 0.547. The zero-order valence-electron chi connectivity index (χ0n) is 9.77. The molecule has 0 bridgehead atoms. The van der Waals surface area contributed by atoms with Crippen LogP contribution in [0, 0.1) is 0 Å². The number of nitrogen functional groups attached to an aromatic ring is 1. The lowest BCUT2D eigenvalue weighted by Crippen LogP contribution is -2.07. The number of anilines is 2. The number of benzene rings is 1. The maximum atomic E-state index is 6.08. The van der Waals surface area contributed by atoms with Gasteiger partial charge in [0.1, 0.15) is 5.82 Å². The summed E-state index contributed by atoms with van der Waals surface area (Å²) in [5.41, 5.74) is 8.02. The Labute approximate surface area is 103 Å². The van der Waals surface area contributed by atoms with Crippen molar-refractivity contribution in [2.24, 2.45) is 0 Å². The van der Waals surface area contributed by atoms with E-state index in [0.29, 0.717) is 11.9 Å². The van der Waals surface area contributed by atoms with Crippen molar-refractivity contribution < 1.29 is 0 Å². The molecule has 1 aliphatic rings. The molecule has 0 atom stereocenters. The lowest BCUT2D eigenvalue weighted by atomic mass is 10.1. The summed E-state index contributed by atoms with van der Waals surface area (Å²) in [4.78, 5) is 12.0. The molecule has 1 aliphatic carbocycles. The van der Waals surface area contributed by atoms with Crippen LogP contribution in [0.3, 0.4) is 0 Å². The summed E-state index contributed by atoms with van der Waals surface area (Å²) in [6, 6.07) is 6.52. The predicted molar refractivity (Wildman–Crippen MR) is 72.5 cm³/mol. The van der Waals surface area contributed by atoms with E-state index in [1.807, 2.05) is 18.2 Å². The van der Waals surface area contributed by atoms with Crippen LogP contribution in [0.2, 0.25) is 0 Å². The molecule has 1 fully saturated rings. The van der Waals surface area contributed by atoms with Gasteiger partial charge < -0.3 is 16.0 Å². The van der Waals surface area contributed by atoms with Gasteiger partial charge in [-0.05, 0) is 31.0 Å². The maximum Gasteiger partial charge on any atom is 0.202 e. The van der Waals surface area contributed by atoms with Crippen LogP contribution < -0.4 is 11.1 Å². The lowest BCUT2D eigenvalue weighted by Gasteiger charge is -2.09.